The quantitative estimate of drug-likeness (QED) is 0.800. The normalized spacial score (nSPS) is 34.0. The van der Waals surface area contributed by atoms with Gasteiger partial charge in [-0.15, -0.1) is 0 Å². The Kier molecular flexibility index (Phi) is 4.40. The van der Waals surface area contributed by atoms with Crippen LogP contribution in [0.25, 0.3) is 0 Å². The summed E-state index contributed by atoms with van der Waals surface area (Å²) < 4.78 is 5.32. The van der Waals surface area contributed by atoms with Crippen LogP contribution in [0.15, 0.2) is 0 Å². The molecule has 0 saturated carbocycles. The summed E-state index contributed by atoms with van der Waals surface area (Å²) in [7, 11) is 0. The van der Waals surface area contributed by atoms with Crippen molar-refractivity contribution in [3.05, 3.63) is 0 Å². The minimum Gasteiger partial charge on any atom is -0.381 e. The molecule has 4 nitrogen and oxygen atoms in total. The number of nitrogens with zero attached hydrogens (tertiary/aromatic N) is 1. The van der Waals surface area contributed by atoms with Crippen LogP contribution in [0, 0.1) is 11.8 Å². The molecule has 0 spiro atoms. The van der Waals surface area contributed by atoms with Gasteiger partial charge < -0.3 is 15.4 Å². The van der Waals surface area contributed by atoms with Gasteiger partial charge in [-0.3, -0.25) is 4.79 Å². The van der Waals surface area contributed by atoms with E-state index in [0.29, 0.717) is 24.8 Å². The maximum Gasteiger partial charge on any atom is 0.223 e. The van der Waals surface area contributed by atoms with Gasteiger partial charge >= 0.3 is 0 Å². The molecular formula is C13H24N2O2. The van der Waals surface area contributed by atoms with Crippen LogP contribution in [-0.4, -0.2) is 43.2 Å². The summed E-state index contributed by atoms with van der Waals surface area (Å²) in [6.45, 7) is 5.25. The second-order valence-electron chi connectivity index (χ2n) is 5.44. The van der Waals surface area contributed by atoms with E-state index in [-0.39, 0.29) is 11.9 Å². The summed E-state index contributed by atoms with van der Waals surface area (Å²) in [6, 6.07) is 0.249. The van der Waals surface area contributed by atoms with E-state index in [0.717, 1.165) is 32.6 Å². The van der Waals surface area contributed by atoms with Gasteiger partial charge in [0, 0.05) is 38.8 Å². The number of hydrogen-bond donors (Lipinski definition) is 1. The number of hydrogen-bond acceptors (Lipinski definition) is 3. The van der Waals surface area contributed by atoms with Crippen molar-refractivity contribution < 1.29 is 9.53 Å². The van der Waals surface area contributed by atoms with Crippen molar-refractivity contribution >= 4 is 5.91 Å². The Balaban J connectivity index is 1.91. The number of amides is 1. The molecule has 0 aromatic rings. The Morgan fingerprint density at radius 3 is 2.94 bits per heavy atom. The molecule has 1 amide bonds. The maximum atomic E-state index is 12.3. The fourth-order valence-corrected chi connectivity index (χ4v) is 3.03. The van der Waals surface area contributed by atoms with Crippen molar-refractivity contribution in [1.82, 2.24) is 4.90 Å². The number of rotatable bonds is 3. The molecule has 0 aromatic heterocycles. The van der Waals surface area contributed by atoms with Gasteiger partial charge in [0.05, 0.1) is 0 Å². The number of carbonyl (C=O) groups is 1. The van der Waals surface area contributed by atoms with E-state index in [9.17, 15) is 4.79 Å². The third-order valence-corrected chi connectivity index (χ3v) is 4.16. The van der Waals surface area contributed by atoms with Gasteiger partial charge in [-0.25, -0.2) is 0 Å². The molecule has 2 fully saturated rings. The Hall–Kier alpha value is -0.610. The van der Waals surface area contributed by atoms with Crippen molar-refractivity contribution in [1.29, 1.82) is 0 Å². The minimum atomic E-state index is 0.249. The van der Waals surface area contributed by atoms with Crippen molar-refractivity contribution in [2.24, 2.45) is 17.6 Å². The molecular weight excluding hydrogens is 216 g/mol. The summed E-state index contributed by atoms with van der Waals surface area (Å²) in [4.78, 5) is 14.3. The van der Waals surface area contributed by atoms with Gasteiger partial charge in [0.1, 0.15) is 0 Å². The highest BCUT2D eigenvalue weighted by atomic mass is 16.5. The zero-order chi connectivity index (χ0) is 12.3. The number of nitrogens with two attached hydrogens (primary N) is 1. The van der Waals surface area contributed by atoms with Crippen LogP contribution in [0.3, 0.4) is 0 Å². The lowest BCUT2D eigenvalue weighted by atomic mass is 9.90. The summed E-state index contributed by atoms with van der Waals surface area (Å²) >= 11 is 0. The number of likely N-dealkylation sites (tertiary alicyclic amines) is 1. The molecule has 2 rings (SSSR count). The van der Waals surface area contributed by atoms with Crippen LogP contribution in [0.5, 0.6) is 0 Å². The highest BCUT2D eigenvalue weighted by molar-refractivity contribution is 5.77. The van der Waals surface area contributed by atoms with Gasteiger partial charge in [-0.1, -0.05) is 6.92 Å². The maximum absolute atomic E-state index is 12.3. The molecule has 3 atom stereocenters. The minimum absolute atomic E-state index is 0.249. The Morgan fingerprint density at radius 1 is 1.47 bits per heavy atom. The van der Waals surface area contributed by atoms with Crippen LogP contribution in [0.1, 0.15) is 32.6 Å². The van der Waals surface area contributed by atoms with Crippen molar-refractivity contribution in [2.75, 3.05) is 26.3 Å². The molecule has 2 heterocycles. The molecule has 0 radical (unpaired) electrons. The predicted octanol–water partition coefficient (Wildman–Crippen LogP) is 0.999. The van der Waals surface area contributed by atoms with Gasteiger partial charge in [0.2, 0.25) is 5.91 Å². The lowest BCUT2D eigenvalue weighted by Gasteiger charge is -2.40. The summed E-state index contributed by atoms with van der Waals surface area (Å²) in [5, 5.41) is 0. The van der Waals surface area contributed by atoms with E-state index in [1.54, 1.807) is 0 Å². The monoisotopic (exact) mass is 240 g/mol. The summed E-state index contributed by atoms with van der Waals surface area (Å²) in [6.07, 6.45) is 3.98. The van der Waals surface area contributed by atoms with Gasteiger partial charge in [0.15, 0.2) is 0 Å². The van der Waals surface area contributed by atoms with Crippen LogP contribution in [-0.2, 0) is 9.53 Å². The average molecular weight is 240 g/mol. The molecule has 0 aliphatic carbocycles. The predicted molar refractivity (Wildman–Crippen MR) is 66.5 cm³/mol. The van der Waals surface area contributed by atoms with Crippen LogP contribution >= 0.6 is 0 Å². The smallest absolute Gasteiger partial charge is 0.223 e. The lowest BCUT2D eigenvalue weighted by Crippen LogP contribution is -2.51. The molecule has 2 aliphatic heterocycles. The second kappa shape index (κ2) is 5.83. The lowest BCUT2D eigenvalue weighted by molar-refractivity contribution is -0.137. The Labute approximate surface area is 103 Å². The number of piperidine rings is 1. The zero-order valence-electron chi connectivity index (χ0n) is 10.7. The van der Waals surface area contributed by atoms with Crippen LogP contribution < -0.4 is 5.73 Å². The largest absolute Gasteiger partial charge is 0.381 e. The first-order valence-electron chi connectivity index (χ1n) is 6.79. The van der Waals surface area contributed by atoms with Gasteiger partial charge in [-0.05, 0) is 31.1 Å². The number of carbonyl (C=O) groups excluding carboxylic acids is 1. The molecule has 0 bridgehead atoms. The second-order valence-corrected chi connectivity index (χ2v) is 5.44. The SMILES string of the molecule is C[C@@H]1CCCN(C(=O)C[C@H]2CCOC2)[C@H]1CN. The van der Waals surface area contributed by atoms with E-state index < -0.39 is 0 Å². The van der Waals surface area contributed by atoms with E-state index in [1.165, 1.54) is 6.42 Å². The summed E-state index contributed by atoms with van der Waals surface area (Å²) in [5.74, 6) is 1.25. The average Bonchev–Trinajstić information content (AvgIpc) is 2.81. The van der Waals surface area contributed by atoms with E-state index in [1.807, 2.05) is 4.90 Å². The highest BCUT2D eigenvalue weighted by Crippen LogP contribution is 2.25. The van der Waals surface area contributed by atoms with Crippen LogP contribution in [0.2, 0.25) is 0 Å². The first-order valence-corrected chi connectivity index (χ1v) is 6.79. The fraction of sp³-hybridized carbons (Fsp3) is 0.923. The van der Waals surface area contributed by atoms with E-state index in [4.69, 9.17) is 10.5 Å². The zero-order valence-corrected chi connectivity index (χ0v) is 10.7. The van der Waals surface area contributed by atoms with Gasteiger partial charge in [0.25, 0.3) is 0 Å². The first-order chi connectivity index (χ1) is 8.22. The van der Waals surface area contributed by atoms with Crippen molar-refractivity contribution in [3.8, 4) is 0 Å². The molecule has 0 aromatic carbocycles. The van der Waals surface area contributed by atoms with Crippen molar-refractivity contribution in [2.45, 2.75) is 38.6 Å². The third kappa shape index (κ3) is 2.99. The van der Waals surface area contributed by atoms with E-state index in [2.05, 4.69) is 6.92 Å². The van der Waals surface area contributed by atoms with Crippen molar-refractivity contribution in [3.63, 3.8) is 0 Å². The molecule has 2 N–H and O–H groups in total. The standard InChI is InChI=1S/C13H24N2O2/c1-10-3-2-5-15(12(10)8-14)13(16)7-11-4-6-17-9-11/h10-12H,2-9,14H2,1H3/t10-,11-,12+/m1/s1. The molecule has 17 heavy (non-hydrogen) atoms. The Bertz CT molecular complexity index is 264. The first kappa shape index (κ1) is 12.8. The van der Waals surface area contributed by atoms with Crippen LogP contribution in [0.4, 0.5) is 0 Å². The topological polar surface area (TPSA) is 55.6 Å². The number of ether oxygens (including phenoxy) is 1. The molecule has 98 valence electrons. The molecule has 4 heteroatoms. The van der Waals surface area contributed by atoms with E-state index >= 15 is 0 Å². The van der Waals surface area contributed by atoms with Gasteiger partial charge in [-0.2, -0.15) is 0 Å². The summed E-state index contributed by atoms with van der Waals surface area (Å²) in [5.41, 5.74) is 5.81. The molecule has 0 unspecified atom stereocenters. The Morgan fingerprint density at radius 2 is 2.29 bits per heavy atom. The molecule has 2 aliphatic rings. The fourth-order valence-electron chi connectivity index (χ4n) is 3.03. The third-order valence-electron chi connectivity index (χ3n) is 4.16. The highest BCUT2D eigenvalue weighted by Gasteiger charge is 2.32. The molecule has 2 saturated heterocycles.